The maximum atomic E-state index is 9.35. The molecule has 0 atom stereocenters. The van der Waals surface area contributed by atoms with Crippen LogP contribution in [0.1, 0.15) is 60.0 Å². The number of ether oxygens (including phenoxy) is 1. The van der Waals surface area contributed by atoms with E-state index in [0.29, 0.717) is 35.3 Å². The summed E-state index contributed by atoms with van der Waals surface area (Å²) in [5.41, 5.74) is 2.78. The van der Waals surface area contributed by atoms with Gasteiger partial charge in [-0.05, 0) is 43.9 Å². The number of benzene rings is 1. The Morgan fingerprint density at radius 3 is 2.24 bits per heavy atom. The smallest absolute Gasteiger partial charge is 0.172 e. The van der Waals surface area contributed by atoms with Crippen molar-refractivity contribution in [2.75, 3.05) is 6.61 Å². The third kappa shape index (κ3) is 3.09. The van der Waals surface area contributed by atoms with E-state index in [0.717, 1.165) is 42.8 Å². The predicted octanol–water partition coefficient (Wildman–Crippen LogP) is 3.17. The van der Waals surface area contributed by atoms with E-state index < -0.39 is 0 Å². The van der Waals surface area contributed by atoms with E-state index >= 15 is 0 Å². The van der Waals surface area contributed by atoms with Gasteiger partial charge in [0.2, 0.25) is 0 Å². The molecule has 25 heavy (non-hydrogen) atoms. The Kier molecular flexibility index (Phi) is 3.91. The van der Waals surface area contributed by atoms with Gasteiger partial charge in [0.15, 0.2) is 5.75 Å². The summed E-state index contributed by atoms with van der Waals surface area (Å²) >= 11 is 0. The van der Waals surface area contributed by atoms with Gasteiger partial charge in [-0.15, -0.1) is 0 Å². The monoisotopic (exact) mass is 334 g/mol. The summed E-state index contributed by atoms with van der Waals surface area (Å²) in [5.74, 6) is 2.07. The molecule has 0 unspecified atom stereocenters. The number of hydrogen-bond acceptors (Lipinski definition) is 5. The fourth-order valence-electron chi connectivity index (χ4n) is 3.13. The Morgan fingerprint density at radius 1 is 1.08 bits per heavy atom. The summed E-state index contributed by atoms with van der Waals surface area (Å²) < 4.78 is 8.06. The second-order valence-electron chi connectivity index (χ2n) is 6.67. The van der Waals surface area contributed by atoms with Gasteiger partial charge in [-0.2, -0.15) is 15.6 Å². The standard InChI is InChI=1S/C19H18N4O2/c20-10-12-7-13(11-21)9-16(8-12)25-19-17(14-1-2-14)22-23(5-6-24)18(19)15-3-4-15/h7-9,14-15,24H,1-6H2. The van der Waals surface area contributed by atoms with Crippen LogP contribution in [0.2, 0.25) is 0 Å². The quantitative estimate of drug-likeness (QED) is 0.875. The van der Waals surface area contributed by atoms with Crippen molar-refractivity contribution < 1.29 is 9.84 Å². The summed E-state index contributed by atoms with van der Waals surface area (Å²) in [6.45, 7) is 0.490. The molecule has 0 amide bonds. The highest BCUT2D eigenvalue weighted by molar-refractivity contribution is 5.49. The lowest BCUT2D eigenvalue weighted by Crippen LogP contribution is -2.08. The van der Waals surface area contributed by atoms with E-state index in [1.807, 2.05) is 4.68 Å². The van der Waals surface area contributed by atoms with Gasteiger partial charge in [0.05, 0.1) is 42.1 Å². The Labute approximate surface area is 145 Å². The average molecular weight is 334 g/mol. The molecule has 2 aliphatic rings. The van der Waals surface area contributed by atoms with E-state index in [2.05, 4.69) is 12.1 Å². The van der Waals surface area contributed by atoms with Crippen LogP contribution in [0.25, 0.3) is 0 Å². The van der Waals surface area contributed by atoms with Crippen LogP contribution in [0, 0.1) is 22.7 Å². The lowest BCUT2D eigenvalue weighted by molar-refractivity contribution is 0.266. The molecular formula is C19H18N4O2. The minimum atomic E-state index is 0.0352. The largest absolute Gasteiger partial charge is 0.453 e. The van der Waals surface area contributed by atoms with E-state index in [1.54, 1.807) is 18.2 Å². The molecule has 0 aliphatic heterocycles. The third-order valence-electron chi connectivity index (χ3n) is 4.60. The SMILES string of the molecule is N#Cc1cc(C#N)cc(Oc2c(C3CC3)nn(CCO)c2C2CC2)c1. The molecule has 1 heterocycles. The van der Waals surface area contributed by atoms with E-state index in [-0.39, 0.29) is 6.61 Å². The van der Waals surface area contributed by atoms with Crippen molar-refractivity contribution >= 4 is 0 Å². The Hall–Kier alpha value is -2.83. The first-order valence-corrected chi connectivity index (χ1v) is 8.58. The van der Waals surface area contributed by atoms with Crippen LogP contribution in [0.3, 0.4) is 0 Å². The van der Waals surface area contributed by atoms with E-state index in [1.165, 1.54) is 0 Å². The first-order valence-electron chi connectivity index (χ1n) is 8.58. The summed E-state index contributed by atoms with van der Waals surface area (Å²) in [6, 6.07) is 8.98. The topological polar surface area (TPSA) is 94.9 Å². The van der Waals surface area contributed by atoms with Gasteiger partial charge >= 0.3 is 0 Å². The first kappa shape index (κ1) is 15.7. The summed E-state index contributed by atoms with van der Waals surface area (Å²) in [6.07, 6.45) is 4.38. The number of hydrogen-bond donors (Lipinski definition) is 1. The summed E-state index contributed by atoms with van der Waals surface area (Å²) in [7, 11) is 0. The molecule has 0 saturated heterocycles. The van der Waals surface area contributed by atoms with Gasteiger partial charge in [0.1, 0.15) is 11.4 Å². The van der Waals surface area contributed by atoms with Gasteiger partial charge in [0, 0.05) is 11.8 Å². The summed E-state index contributed by atoms with van der Waals surface area (Å²) in [5, 5.41) is 32.4. The molecule has 6 heteroatoms. The molecular weight excluding hydrogens is 316 g/mol. The summed E-state index contributed by atoms with van der Waals surface area (Å²) in [4.78, 5) is 0. The second kappa shape index (κ2) is 6.23. The van der Waals surface area contributed by atoms with E-state index in [9.17, 15) is 5.11 Å². The maximum Gasteiger partial charge on any atom is 0.172 e. The fourth-order valence-corrected chi connectivity index (χ4v) is 3.13. The van der Waals surface area contributed by atoms with Crippen molar-refractivity contribution in [3.05, 3.63) is 40.7 Å². The van der Waals surface area contributed by atoms with Crippen molar-refractivity contribution in [1.29, 1.82) is 10.5 Å². The van der Waals surface area contributed by atoms with Crippen LogP contribution < -0.4 is 4.74 Å². The number of aromatic nitrogens is 2. The molecule has 1 aromatic carbocycles. The molecule has 0 spiro atoms. The number of rotatable bonds is 6. The van der Waals surface area contributed by atoms with Crippen LogP contribution in [0.5, 0.6) is 11.5 Å². The average Bonchev–Trinajstić information content (AvgIpc) is 3.54. The second-order valence-corrected chi connectivity index (χ2v) is 6.67. The molecule has 0 radical (unpaired) electrons. The predicted molar refractivity (Wildman–Crippen MR) is 89.2 cm³/mol. The Balaban J connectivity index is 1.77. The zero-order valence-corrected chi connectivity index (χ0v) is 13.8. The zero-order chi connectivity index (χ0) is 17.4. The molecule has 1 aromatic heterocycles. The third-order valence-corrected chi connectivity index (χ3v) is 4.60. The number of aliphatic hydroxyl groups excluding tert-OH is 1. The minimum absolute atomic E-state index is 0.0352. The molecule has 1 N–H and O–H groups in total. The van der Waals surface area contributed by atoms with Crippen molar-refractivity contribution in [1.82, 2.24) is 9.78 Å². The zero-order valence-electron chi connectivity index (χ0n) is 13.8. The normalized spacial score (nSPS) is 16.3. The minimum Gasteiger partial charge on any atom is -0.453 e. The Morgan fingerprint density at radius 2 is 1.72 bits per heavy atom. The molecule has 4 rings (SSSR count). The van der Waals surface area contributed by atoms with Crippen molar-refractivity contribution in [3.8, 4) is 23.6 Å². The molecule has 2 saturated carbocycles. The van der Waals surface area contributed by atoms with E-state index in [4.69, 9.17) is 20.4 Å². The van der Waals surface area contributed by atoms with Gasteiger partial charge < -0.3 is 9.84 Å². The van der Waals surface area contributed by atoms with Crippen molar-refractivity contribution in [3.63, 3.8) is 0 Å². The van der Waals surface area contributed by atoms with Gasteiger partial charge in [-0.3, -0.25) is 4.68 Å². The molecule has 2 fully saturated rings. The molecule has 0 bridgehead atoms. The highest BCUT2D eigenvalue weighted by Gasteiger charge is 2.38. The van der Waals surface area contributed by atoms with Crippen molar-refractivity contribution in [2.24, 2.45) is 0 Å². The lowest BCUT2D eigenvalue weighted by Gasteiger charge is -2.10. The Bertz CT molecular complexity index is 863. The van der Waals surface area contributed by atoms with Crippen LogP contribution in [-0.2, 0) is 6.54 Å². The van der Waals surface area contributed by atoms with Gasteiger partial charge in [-0.1, -0.05) is 0 Å². The van der Waals surface area contributed by atoms with Crippen LogP contribution in [0.15, 0.2) is 18.2 Å². The highest BCUT2D eigenvalue weighted by Crippen LogP contribution is 2.52. The van der Waals surface area contributed by atoms with Gasteiger partial charge in [-0.25, -0.2) is 0 Å². The molecule has 126 valence electrons. The molecule has 6 nitrogen and oxygen atoms in total. The number of nitrogens with zero attached hydrogens (tertiary/aromatic N) is 4. The highest BCUT2D eigenvalue weighted by atomic mass is 16.5. The van der Waals surface area contributed by atoms with Crippen LogP contribution in [0.4, 0.5) is 0 Å². The van der Waals surface area contributed by atoms with Gasteiger partial charge in [0.25, 0.3) is 0 Å². The van der Waals surface area contributed by atoms with Crippen molar-refractivity contribution in [2.45, 2.75) is 44.1 Å². The first-order chi connectivity index (χ1) is 12.2. The number of aliphatic hydroxyl groups is 1. The van der Waals surface area contributed by atoms with Crippen LogP contribution >= 0.6 is 0 Å². The van der Waals surface area contributed by atoms with Crippen LogP contribution in [-0.4, -0.2) is 21.5 Å². The molecule has 2 aliphatic carbocycles. The lowest BCUT2D eigenvalue weighted by atomic mass is 10.1. The maximum absolute atomic E-state index is 9.35. The number of nitriles is 2. The molecule has 2 aromatic rings. The fraction of sp³-hybridized carbons (Fsp3) is 0.421.